The summed E-state index contributed by atoms with van der Waals surface area (Å²) < 4.78 is 5.28. The number of amides is 2. The Morgan fingerprint density at radius 1 is 0.906 bits per heavy atom. The third-order valence-electron chi connectivity index (χ3n) is 5.93. The molecule has 5 rings (SSSR count). The zero-order chi connectivity index (χ0) is 22.4. The van der Waals surface area contributed by atoms with Crippen LogP contribution < -0.4 is 14.7 Å². The predicted molar refractivity (Wildman–Crippen MR) is 118 cm³/mol. The number of fused-ring (bicyclic) bond motifs is 1. The molecule has 2 heterocycles. The van der Waals surface area contributed by atoms with Crippen molar-refractivity contribution in [2.45, 2.75) is 19.1 Å². The fourth-order valence-corrected chi connectivity index (χ4v) is 4.45. The van der Waals surface area contributed by atoms with Crippen LogP contribution in [0.4, 0.5) is 11.4 Å². The number of phenols is 1. The van der Waals surface area contributed by atoms with Crippen molar-refractivity contribution in [1.29, 1.82) is 0 Å². The van der Waals surface area contributed by atoms with E-state index in [0.717, 1.165) is 11.3 Å². The second kappa shape index (κ2) is 7.69. The maximum Gasteiger partial charge on any atom is 0.266 e. The molecule has 0 bridgehead atoms. The van der Waals surface area contributed by atoms with Crippen molar-refractivity contribution in [2.75, 3.05) is 17.1 Å². The lowest BCUT2D eigenvalue weighted by atomic mass is 9.90. The summed E-state index contributed by atoms with van der Waals surface area (Å²) in [6.07, 6.45) is -0.951. The largest absolute Gasteiger partial charge is 0.504 e. The molecule has 7 heteroatoms. The van der Waals surface area contributed by atoms with Crippen molar-refractivity contribution in [1.82, 2.24) is 0 Å². The number of para-hydroxylation sites is 1. The molecular weight excluding hydrogens is 408 g/mol. The van der Waals surface area contributed by atoms with E-state index in [0.29, 0.717) is 11.3 Å². The van der Waals surface area contributed by atoms with Crippen LogP contribution >= 0.6 is 0 Å². The number of hydroxylamine groups is 1. The van der Waals surface area contributed by atoms with E-state index < -0.39 is 18.1 Å². The standard InChI is InChI=1S/C25H22N2O5/c1-15-7-6-10-18(13-15)26-24(29)21-22(16-11-12-19(28)20(14-16)31-2)27(32-23(21)25(26)30)17-8-4-3-5-9-17/h3-14,21-23,28H,1-2H3. The van der Waals surface area contributed by atoms with Gasteiger partial charge in [0.1, 0.15) is 5.92 Å². The highest BCUT2D eigenvalue weighted by Gasteiger charge is 2.60. The van der Waals surface area contributed by atoms with Gasteiger partial charge in [0.05, 0.1) is 24.5 Å². The highest BCUT2D eigenvalue weighted by Crippen LogP contribution is 2.48. The molecule has 3 aromatic carbocycles. The van der Waals surface area contributed by atoms with Gasteiger partial charge in [0.25, 0.3) is 5.91 Å². The van der Waals surface area contributed by atoms with E-state index in [-0.39, 0.29) is 23.3 Å². The molecule has 0 radical (unpaired) electrons. The number of carbonyl (C=O) groups excluding carboxylic acids is 2. The molecule has 0 aliphatic carbocycles. The summed E-state index contributed by atoms with van der Waals surface area (Å²) >= 11 is 0. The molecule has 2 amide bonds. The number of carbonyl (C=O) groups is 2. The SMILES string of the molecule is COc1cc(C2C3C(=O)N(c4cccc(C)c4)C(=O)C3ON2c2ccccc2)ccc1O. The average Bonchev–Trinajstić information content (AvgIpc) is 3.31. The van der Waals surface area contributed by atoms with Gasteiger partial charge in [0.2, 0.25) is 5.91 Å². The number of aryl methyl sites for hydroxylation is 1. The molecule has 0 aromatic heterocycles. The van der Waals surface area contributed by atoms with Crippen LogP contribution in [0.3, 0.4) is 0 Å². The molecular formula is C25H22N2O5. The van der Waals surface area contributed by atoms with Crippen molar-refractivity contribution in [3.8, 4) is 11.5 Å². The van der Waals surface area contributed by atoms with E-state index in [9.17, 15) is 14.7 Å². The van der Waals surface area contributed by atoms with E-state index >= 15 is 0 Å². The third kappa shape index (κ3) is 3.09. The number of aromatic hydroxyl groups is 1. The minimum atomic E-state index is -0.951. The minimum Gasteiger partial charge on any atom is -0.504 e. The average molecular weight is 430 g/mol. The maximum atomic E-state index is 13.6. The normalized spacial score (nSPS) is 22.4. The molecule has 0 spiro atoms. The van der Waals surface area contributed by atoms with Gasteiger partial charge in [-0.1, -0.05) is 36.4 Å². The van der Waals surface area contributed by atoms with Crippen LogP contribution in [-0.2, 0) is 14.4 Å². The van der Waals surface area contributed by atoms with Gasteiger partial charge in [0, 0.05) is 0 Å². The molecule has 1 N–H and O–H groups in total. The Kier molecular flexibility index (Phi) is 4.83. The van der Waals surface area contributed by atoms with E-state index in [1.54, 1.807) is 23.3 Å². The third-order valence-corrected chi connectivity index (χ3v) is 5.93. The molecule has 32 heavy (non-hydrogen) atoms. The number of imide groups is 1. The lowest BCUT2D eigenvalue weighted by Crippen LogP contribution is -2.37. The summed E-state index contributed by atoms with van der Waals surface area (Å²) in [5.41, 5.74) is 2.91. The predicted octanol–water partition coefficient (Wildman–Crippen LogP) is 3.76. The van der Waals surface area contributed by atoms with Crippen LogP contribution in [0, 0.1) is 12.8 Å². The van der Waals surface area contributed by atoms with Crippen molar-refractivity contribution in [2.24, 2.45) is 5.92 Å². The summed E-state index contributed by atoms with van der Waals surface area (Å²) in [5, 5.41) is 11.7. The Labute approximate surface area is 185 Å². The Balaban J connectivity index is 1.61. The van der Waals surface area contributed by atoms with Gasteiger partial charge in [-0.15, -0.1) is 0 Å². The van der Waals surface area contributed by atoms with Crippen molar-refractivity contribution < 1.29 is 24.3 Å². The number of hydrogen-bond acceptors (Lipinski definition) is 6. The van der Waals surface area contributed by atoms with Crippen molar-refractivity contribution in [3.05, 3.63) is 83.9 Å². The summed E-state index contributed by atoms with van der Waals surface area (Å²) in [7, 11) is 1.46. The molecule has 3 aromatic rings. The smallest absolute Gasteiger partial charge is 0.266 e. The first-order valence-corrected chi connectivity index (χ1v) is 10.3. The first kappa shape index (κ1) is 20.1. The number of hydrogen-bond donors (Lipinski definition) is 1. The number of rotatable bonds is 4. The molecule has 0 saturated carbocycles. The quantitative estimate of drug-likeness (QED) is 0.635. The Morgan fingerprint density at radius 3 is 2.38 bits per heavy atom. The van der Waals surface area contributed by atoms with Crippen LogP contribution in [0.2, 0.25) is 0 Å². The fraction of sp³-hybridized carbons (Fsp3) is 0.200. The van der Waals surface area contributed by atoms with Crippen LogP contribution in [0.1, 0.15) is 17.2 Å². The Bertz CT molecular complexity index is 1200. The highest BCUT2D eigenvalue weighted by atomic mass is 16.7. The molecule has 2 aliphatic rings. The number of methoxy groups -OCH3 is 1. The summed E-state index contributed by atoms with van der Waals surface area (Å²) in [6.45, 7) is 1.91. The summed E-state index contributed by atoms with van der Waals surface area (Å²) in [6, 6.07) is 21.0. The first-order chi connectivity index (χ1) is 15.5. The number of anilines is 2. The van der Waals surface area contributed by atoms with Crippen molar-refractivity contribution >= 4 is 23.2 Å². The monoisotopic (exact) mass is 430 g/mol. The number of phenolic OH excluding ortho intramolecular Hbond substituents is 1. The van der Waals surface area contributed by atoms with Gasteiger partial charge in [0.15, 0.2) is 17.6 Å². The lowest BCUT2D eigenvalue weighted by molar-refractivity contribution is -0.126. The maximum absolute atomic E-state index is 13.6. The molecule has 162 valence electrons. The molecule has 3 atom stereocenters. The van der Waals surface area contributed by atoms with Gasteiger partial charge in [-0.3, -0.25) is 14.4 Å². The Hall–Kier alpha value is -3.84. The topological polar surface area (TPSA) is 79.3 Å². The Morgan fingerprint density at radius 2 is 1.66 bits per heavy atom. The van der Waals surface area contributed by atoms with Crippen LogP contribution in [0.15, 0.2) is 72.8 Å². The zero-order valence-electron chi connectivity index (χ0n) is 17.6. The van der Waals surface area contributed by atoms with Gasteiger partial charge in [-0.2, -0.15) is 0 Å². The van der Waals surface area contributed by atoms with E-state index in [2.05, 4.69) is 0 Å². The molecule has 2 fully saturated rings. The second-order valence-electron chi connectivity index (χ2n) is 7.94. The molecule has 3 unspecified atom stereocenters. The van der Waals surface area contributed by atoms with Crippen molar-refractivity contribution in [3.63, 3.8) is 0 Å². The number of ether oxygens (including phenoxy) is 1. The zero-order valence-corrected chi connectivity index (χ0v) is 17.6. The van der Waals surface area contributed by atoms with E-state index in [1.807, 2.05) is 55.5 Å². The van der Waals surface area contributed by atoms with Gasteiger partial charge < -0.3 is 9.84 Å². The highest BCUT2D eigenvalue weighted by molar-refractivity contribution is 6.24. The number of nitrogens with zero attached hydrogens (tertiary/aromatic N) is 2. The molecule has 2 saturated heterocycles. The fourth-order valence-electron chi connectivity index (χ4n) is 4.45. The second-order valence-corrected chi connectivity index (χ2v) is 7.94. The van der Waals surface area contributed by atoms with Crippen LogP contribution in [0.25, 0.3) is 0 Å². The minimum absolute atomic E-state index is 0.00631. The lowest BCUT2D eigenvalue weighted by Gasteiger charge is -2.29. The summed E-state index contributed by atoms with van der Waals surface area (Å²) in [5.74, 6) is -1.18. The van der Waals surface area contributed by atoms with Gasteiger partial charge in [-0.25, -0.2) is 9.96 Å². The summed E-state index contributed by atoms with van der Waals surface area (Å²) in [4.78, 5) is 34.3. The molecule has 2 aliphatic heterocycles. The van der Waals surface area contributed by atoms with Gasteiger partial charge in [-0.05, 0) is 54.4 Å². The van der Waals surface area contributed by atoms with Crippen LogP contribution in [0.5, 0.6) is 11.5 Å². The van der Waals surface area contributed by atoms with Gasteiger partial charge >= 0.3 is 0 Å². The van der Waals surface area contributed by atoms with E-state index in [4.69, 9.17) is 9.57 Å². The molecule has 7 nitrogen and oxygen atoms in total. The first-order valence-electron chi connectivity index (χ1n) is 10.3. The van der Waals surface area contributed by atoms with Crippen LogP contribution in [-0.4, -0.2) is 30.1 Å². The number of benzene rings is 3. The van der Waals surface area contributed by atoms with E-state index in [1.165, 1.54) is 18.1 Å².